The molecule has 0 saturated carbocycles. The third-order valence-electron chi connectivity index (χ3n) is 9.76. The summed E-state index contributed by atoms with van der Waals surface area (Å²) in [5.41, 5.74) is 4.72. The van der Waals surface area contributed by atoms with Gasteiger partial charge in [0.05, 0.1) is 21.1 Å². The van der Waals surface area contributed by atoms with Gasteiger partial charge in [-0.1, -0.05) is 36.4 Å². The number of quaternary nitrogens is 1. The number of esters is 1. The Hall–Kier alpha value is -3.11. The summed E-state index contributed by atoms with van der Waals surface area (Å²) < 4.78 is 58.6. The molecule has 1 unspecified atom stereocenters. The van der Waals surface area contributed by atoms with Crippen molar-refractivity contribution in [2.75, 3.05) is 53.9 Å². The second-order valence-corrected chi connectivity index (χ2v) is 14.9. The highest BCUT2D eigenvalue weighted by molar-refractivity contribution is 5.94. The van der Waals surface area contributed by atoms with Crippen molar-refractivity contribution in [3.63, 3.8) is 0 Å². The zero-order valence-electron chi connectivity index (χ0n) is 30.3. The molecule has 2 aliphatic heterocycles. The summed E-state index contributed by atoms with van der Waals surface area (Å²) in [5, 5.41) is 6.43. The molecule has 2 saturated heterocycles. The normalized spacial score (nSPS) is 18.3. The van der Waals surface area contributed by atoms with Crippen molar-refractivity contribution in [1.29, 1.82) is 0 Å². The van der Waals surface area contributed by atoms with Crippen molar-refractivity contribution in [3.8, 4) is 11.1 Å². The predicted octanol–water partition coefficient (Wildman–Crippen LogP) is 2.96. The quantitative estimate of drug-likeness (QED) is 0.0963. The third kappa shape index (κ3) is 12.0. The molecule has 2 heterocycles. The Morgan fingerprint density at radius 3 is 2.27 bits per heavy atom. The highest BCUT2D eigenvalue weighted by Crippen LogP contribution is 2.29. The second kappa shape index (κ2) is 18.3. The highest BCUT2D eigenvalue weighted by atomic mass is 127. The fourth-order valence-corrected chi connectivity index (χ4v) is 6.89. The summed E-state index contributed by atoms with van der Waals surface area (Å²) in [6, 6.07) is 20.8. The molecule has 2 N–H and O–H groups in total. The van der Waals surface area contributed by atoms with Gasteiger partial charge in [-0.2, -0.15) is 13.2 Å². The molecule has 8 nitrogen and oxygen atoms in total. The number of alkyl halides is 3. The Kier molecular flexibility index (Phi) is 14.6. The first-order valence-corrected chi connectivity index (χ1v) is 17.7. The minimum Gasteiger partial charge on any atom is -1.00 e. The van der Waals surface area contributed by atoms with Gasteiger partial charge in [-0.05, 0) is 91.4 Å². The van der Waals surface area contributed by atoms with Gasteiger partial charge in [-0.25, -0.2) is 9.18 Å². The van der Waals surface area contributed by atoms with Crippen LogP contribution in [0.1, 0.15) is 53.2 Å². The number of piperazine rings is 1. The lowest BCUT2D eigenvalue weighted by Gasteiger charge is -2.38. The Morgan fingerprint density at radius 1 is 0.923 bits per heavy atom. The van der Waals surface area contributed by atoms with E-state index in [0.29, 0.717) is 30.1 Å². The van der Waals surface area contributed by atoms with Crippen molar-refractivity contribution in [2.45, 2.75) is 64.3 Å². The number of amides is 1. The van der Waals surface area contributed by atoms with Crippen LogP contribution in [0.5, 0.6) is 0 Å². The minimum absolute atomic E-state index is 0. The number of carbonyl (C=O) groups excluding carboxylic acids is 2. The Balaban J connectivity index is 0.00000605. The van der Waals surface area contributed by atoms with Crippen LogP contribution in [0.25, 0.3) is 11.1 Å². The van der Waals surface area contributed by atoms with E-state index in [4.69, 9.17) is 4.74 Å². The summed E-state index contributed by atoms with van der Waals surface area (Å²) in [4.78, 5) is 29.4. The molecule has 0 spiro atoms. The average molecular weight is 840 g/mol. The molecule has 3 aromatic carbocycles. The van der Waals surface area contributed by atoms with Crippen LogP contribution in [0.2, 0.25) is 0 Å². The average Bonchev–Trinajstić information content (AvgIpc) is 3.07. The summed E-state index contributed by atoms with van der Waals surface area (Å²) in [6.45, 7) is 8.22. The SMILES string of the molecule is C[C@H]1CN(Cc2cccc(-c3cc(CNC(=O)c4cccc(CN5CCC(CC(OC(=O)C(F)(F)F)[N+](C)(C)C)CC5)c4)ccc3F)c2)CCN1.[I-]. The van der Waals surface area contributed by atoms with Crippen LogP contribution < -0.4 is 34.6 Å². The van der Waals surface area contributed by atoms with E-state index in [1.807, 2.05) is 36.4 Å². The molecule has 2 fully saturated rings. The number of rotatable bonds is 12. The van der Waals surface area contributed by atoms with Gasteiger partial charge in [0.1, 0.15) is 5.82 Å². The summed E-state index contributed by atoms with van der Waals surface area (Å²) in [6.07, 6.45) is -4.04. The molecule has 1 amide bonds. The molecule has 0 radical (unpaired) electrons. The summed E-state index contributed by atoms with van der Waals surface area (Å²) >= 11 is 0. The fourth-order valence-electron chi connectivity index (χ4n) is 6.89. The van der Waals surface area contributed by atoms with Crippen molar-refractivity contribution in [1.82, 2.24) is 20.4 Å². The number of hydrogen-bond acceptors (Lipinski definition) is 6. The second-order valence-electron chi connectivity index (χ2n) is 14.9. The van der Waals surface area contributed by atoms with E-state index in [9.17, 15) is 22.8 Å². The molecule has 284 valence electrons. The Labute approximate surface area is 321 Å². The van der Waals surface area contributed by atoms with Gasteiger partial charge in [0.25, 0.3) is 5.91 Å². The number of nitrogens with one attached hydrogen (secondary N) is 2. The van der Waals surface area contributed by atoms with Crippen LogP contribution in [0.3, 0.4) is 0 Å². The Bertz CT molecular complexity index is 1660. The molecule has 3 aromatic rings. The van der Waals surface area contributed by atoms with E-state index in [1.54, 1.807) is 39.3 Å². The molecule has 5 rings (SSSR count). The number of carbonyl (C=O) groups is 2. The van der Waals surface area contributed by atoms with Crippen LogP contribution >= 0.6 is 0 Å². The first kappa shape index (κ1) is 41.6. The minimum atomic E-state index is -5.02. The van der Waals surface area contributed by atoms with Crippen LogP contribution in [-0.4, -0.2) is 98.5 Å². The van der Waals surface area contributed by atoms with E-state index < -0.39 is 18.4 Å². The third-order valence-corrected chi connectivity index (χ3v) is 9.76. The number of ether oxygens (including phenoxy) is 1. The number of benzene rings is 3. The lowest BCUT2D eigenvalue weighted by Crippen LogP contribution is -3.00. The molecule has 0 aliphatic carbocycles. The zero-order chi connectivity index (χ0) is 36.8. The van der Waals surface area contributed by atoms with Gasteiger partial charge in [0, 0.05) is 62.9 Å². The Morgan fingerprint density at radius 2 is 1.60 bits per heavy atom. The van der Waals surface area contributed by atoms with Crippen molar-refractivity contribution in [3.05, 3.63) is 94.8 Å². The number of halogens is 5. The molecule has 2 atom stereocenters. The van der Waals surface area contributed by atoms with Crippen molar-refractivity contribution < 1.29 is 60.3 Å². The van der Waals surface area contributed by atoms with Gasteiger partial charge in [0.2, 0.25) is 6.23 Å². The van der Waals surface area contributed by atoms with Gasteiger partial charge in [0.15, 0.2) is 0 Å². The van der Waals surface area contributed by atoms with Crippen LogP contribution in [0, 0.1) is 11.7 Å². The van der Waals surface area contributed by atoms with Gasteiger partial charge in [-0.3, -0.25) is 19.1 Å². The van der Waals surface area contributed by atoms with Crippen LogP contribution in [-0.2, 0) is 29.2 Å². The molecular formula is C39H50F4IN5O3. The number of hydrogen-bond donors (Lipinski definition) is 2. The maximum absolute atomic E-state index is 15.0. The van der Waals surface area contributed by atoms with Crippen molar-refractivity contribution >= 4 is 11.9 Å². The first-order chi connectivity index (χ1) is 24.1. The lowest BCUT2D eigenvalue weighted by atomic mass is 9.92. The van der Waals surface area contributed by atoms with Gasteiger partial charge < -0.3 is 39.3 Å². The smallest absolute Gasteiger partial charge is 0.491 e. The predicted molar refractivity (Wildman–Crippen MR) is 189 cm³/mol. The molecule has 2 aliphatic rings. The standard InChI is InChI=1S/C39H49F4N5O3.HI/c1-27-24-47(18-15-44-27)26-30-7-5-9-32(19-30)34-21-29(11-12-35(34)40)23-45-37(49)33-10-6-8-31(20-33)25-46-16-13-28(14-17-46)22-36(48(2,3)4)51-38(50)39(41,42)43;/h5-12,19-21,27-28,36,44H,13-18,22-26H2,1-4H3;1H/t27-,36?;/m0./s1. The monoisotopic (exact) mass is 839 g/mol. The summed E-state index contributed by atoms with van der Waals surface area (Å²) in [7, 11) is 5.16. The fraction of sp³-hybridized carbons (Fsp3) is 0.487. The van der Waals surface area contributed by atoms with E-state index >= 15 is 4.39 Å². The maximum Gasteiger partial charge on any atom is 0.491 e. The number of likely N-dealkylation sites (tertiary alicyclic amines) is 1. The first-order valence-electron chi connectivity index (χ1n) is 17.7. The van der Waals surface area contributed by atoms with E-state index in [0.717, 1.165) is 74.4 Å². The van der Waals surface area contributed by atoms with Gasteiger partial charge in [-0.15, -0.1) is 0 Å². The molecule has 52 heavy (non-hydrogen) atoms. The van der Waals surface area contributed by atoms with E-state index in [2.05, 4.69) is 33.4 Å². The molecule has 13 heteroatoms. The number of nitrogens with zero attached hydrogens (tertiary/aromatic N) is 3. The van der Waals surface area contributed by atoms with Crippen molar-refractivity contribution in [2.24, 2.45) is 5.92 Å². The van der Waals surface area contributed by atoms with Crippen LogP contribution in [0.4, 0.5) is 17.6 Å². The van der Waals surface area contributed by atoms with E-state index in [1.165, 1.54) is 6.07 Å². The van der Waals surface area contributed by atoms with Gasteiger partial charge >= 0.3 is 12.1 Å². The van der Waals surface area contributed by atoms with E-state index in [-0.39, 0.29) is 52.6 Å². The highest BCUT2D eigenvalue weighted by Gasteiger charge is 2.45. The maximum atomic E-state index is 15.0. The topological polar surface area (TPSA) is 73.9 Å². The lowest BCUT2D eigenvalue weighted by molar-refractivity contribution is -0.917. The molecule has 0 aromatic heterocycles. The molecule has 0 bridgehead atoms. The zero-order valence-corrected chi connectivity index (χ0v) is 32.5. The largest absolute Gasteiger partial charge is 1.00 e. The van der Waals surface area contributed by atoms with Crippen LogP contribution in [0.15, 0.2) is 66.7 Å². The number of piperidine rings is 1. The summed E-state index contributed by atoms with van der Waals surface area (Å²) in [5.74, 6) is -2.57. The molecular weight excluding hydrogens is 789 g/mol.